The second-order valence-corrected chi connectivity index (χ2v) is 3.83. The van der Waals surface area contributed by atoms with Gasteiger partial charge in [0, 0.05) is 16.5 Å². The van der Waals surface area contributed by atoms with Gasteiger partial charge in [0.15, 0.2) is 0 Å². The van der Waals surface area contributed by atoms with Crippen molar-refractivity contribution in [3.05, 3.63) is 47.5 Å². The van der Waals surface area contributed by atoms with Gasteiger partial charge in [-0.3, -0.25) is 4.79 Å². The fraction of sp³-hybridized carbons (Fsp3) is 0.0714. The van der Waals surface area contributed by atoms with Crippen molar-refractivity contribution in [2.45, 2.75) is 0 Å². The molecule has 0 saturated heterocycles. The molecule has 0 aromatic heterocycles. The van der Waals surface area contributed by atoms with Crippen LogP contribution in [0.1, 0.15) is 5.56 Å². The maximum absolute atomic E-state index is 10.7. The number of fused-ring (bicyclic) bond motifs is 3. The lowest BCUT2D eigenvalue weighted by Crippen LogP contribution is -2.08. The summed E-state index contributed by atoms with van der Waals surface area (Å²) in [4.78, 5) is 10.7. The molecule has 0 atom stereocenters. The van der Waals surface area contributed by atoms with Crippen molar-refractivity contribution in [3.8, 4) is 5.75 Å². The van der Waals surface area contributed by atoms with E-state index in [0.717, 1.165) is 28.4 Å². The molecule has 16 heavy (non-hydrogen) atoms. The Balaban J connectivity index is 2.29. The zero-order chi connectivity index (χ0) is 11.0. The average molecular weight is 210 g/mol. The van der Waals surface area contributed by atoms with E-state index in [1.54, 1.807) is 0 Å². The van der Waals surface area contributed by atoms with E-state index in [9.17, 15) is 4.79 Å². The Morgan fingerprint density at radius 2 is 2.00 bits per heavy atom. The Bertz CT molecular complexity index is 597. The van der Waals surface area contributed by atoms with Gasteiger partial charge in [0.2, 0.25) is 0 Å². The number of hydrogen-bond acceptors (Lipinski definition) is 2. The summed E-state index contributed by atoms with van der Waals surface area (Å²) in [6.07, 6.45) is 2.73. The van der Waals surface area contributed by atoms with Gasteiger partial charge in [-0.15, -0.1) is 0 Å². The second-order valence-electron chi connectivity index (χ2n) is 3.83. The number of hydrogen-bond donors (Lipinski definition) is 0. The van der Waals surface area contributed by atoms with Gasteiger partial charge >= 0.3 is 0 Å². The van der Waals surface area contributed by atoms with Crippen molar-refractivity contribution in [2.75, 3.05) is 6.61 Å². The molecule has 0 spiro atoms. The highest BCUT2D eigenvalue weighted by atomic mass is 16.5. The molecule has 0 fully saturated rings. The van der Waals surface area contributed by atoms with Crippen LogP contribution in [0, 0.1) is 0 Å². The van der Waals surface area contributed by atoms with E-state index in [-0.39, 0.29) is 0 Å². The van der Waals surface area contributed by atoms with Crippen LogP contribution in [0.5, 0.6) is 5.75 Å². The highest BCUT2D eigenvalue weighted by molar-refractivity contribution is 5.94. The summed E-state index contributed by atoms with van der Waals surface area (Å²) >= 11 is 0. The van der Waals surface area contributed by atoms with Gasteiger partial charge in [0.05, 0.1) is 0 Å². The summed E-state index contributed by atoms with van der Waals surface area (Å²) in [5.41, 5.74) is 1.66. The molecule has 3 rings (SSSR count). The van der Waals surface area contributed by atoms with E-state index in [0.29, 0.717) is 12.2 Å². The van der Waals surface area contributed by atoms with Crippen molar-refractivity contribution in [3.63, 3.8) is 0 Å². The molecule has 1 aliphatic rings. The van der Waals surface area contributed by atoms with Gasteiger partial charge in [0.1, 0.15) is 18.6 Å². The molecular formula is C14H10O2. The maximum Gasteiger partial charge on any atom is 0.149 e. The highest BCUT2D eigenvalue weighted by Gasteiger charge is 2.13. The minimum atomic E-state index is 0.366. The molecule has 0 radical (unpaired) electrons. The van der Waals surface area contributed by atoms with Crippen molar-refractivity contribution >= 4 is 23.1 Å². The number of rotatable bonds is 1. The lowest BCUT2D eigenvalue weighted by Gasteiger charge is -2.17. The lowest BCUT2D eigenvalue weighted by molar-refractivity contribution is -0.105. The Morgan fingerprint density at radius 1 is 1.12 bits per heavy atom. The molecule has 2 nitrogen and oxygen atoms in total. The zero-order valence-electron chi connectivity index (χ0n) is 8.64. The lowest BCUT2D eigenvalue weighted by atomic mass is 10.0. The van der Waals surface area contributed by atoms with Crippen molar-refractivity contribution < 1.29 is 9.53 Å². The Kier molecular flexibility index (Phi) is 2.00. The highest BCUT2D eigenvalue weighted by Crippen LogP contribution is 2.33. The minimum absolute atomic E-state index is 0.366. The fourth-order valence-electron chi connectivity index (χ4n) is 2.00. The van der Waals surface area contributed by atoms with Gasteiger partial charge in [-0.05, 0) is 11.5 Å². The predicted molar refractivity (Wildman–Crippen MR) is 63.5 cm³/mol. The van der Waals surface area contributed by atoms with Crippen molar-refractivity contribution in [2.24, 2.45) is 0 Å². The third kappa shape index (κ3) is 1.31. The Labute approximate surface area is 93.2 Å². The first kappa shape index (κ1) is 9.16. The number of ether oxygens (including phenoxy) is 1. The van der Waals surface area contributed by atoms with Crippen LogP contribution in [0.15, 0.2) is 42.0 Å². The summed E-state index contributed by atoms with van der Waals surface area (Å²) in [6, 6.07) is 12.1. The van der Waals surface area contributed by atoms with Gasteiger partial charge in [-0.2, -0.15) is 0 Å². The van der Waals surface area contributed by atoms with Crippen LogP contribution in [-0.4, -0.2) is 12.9 Å². The number of aldehydes is 1. The Morgan fingerprint density at radius 3 is 2.88 bits per heavy atom. The Hall–Kier alpha value is -2.09. The van der Waals surface area contributed by atoms with Crippen LogP contribution >= 0.6 is 0 Å². The SMILES string of the molecule is O=CC1=Cc2ccc3ccccc3c2OC1. The largest absolute Gasteiger partial charge is 0.488 e. The van der Waals surface area contributed by atoms with E-state index in [2.05, 4.69) is 6.07 Å². The molecule has 0 amide bonds. The maximum atomic E-state index is 10.7. The van der Waals surface area contributed by atoms with E-state index in [1.807, 2.05) is 36.4 Å². The van der Waals surface area contributed by atoms with E-state index in [1.165, 1.54) is 0 Å². The standard InChI is InChI=1S/C14H10O2/c15-8-10-7-12-6-5-11-3-1-2-4-13(11)14(12)16-9-10/h1-8H,9H2. The van der Waals surface area contributed by atoms with E-state index >= 15 is 0 Å². The topological polar surface area (TPSA) is 26.3 Å². The molecule has 1 aliphatic heterocycles. The average Bonchev–Trinajstić information content (AvgIpc) is 2.38. The molecule has 78 valence electrons. The number of benzene rings is 2. The van der Waals surface area contributed by atoms with E-state index in [4.69, 9.17) is 4.74 Å². The minimum Gasteiger partial charge on any atom is -0.488 e. The molecule has 0 unspecified atom stereocenters. The molecule has 0 N–H and O–H groups in total. The van der Waals surface area contributed by atoms with Gasteiger partial charge in [0.25, 0.3) is 0 Å². The summed E-state index contributed by atoms with van der Waals surface area (Å²) in [5, 5.41) is 2.26. The molecule has 1 heterocycles. The predicted octanol–water partition coefficient (Wildman–Crippen LogP) is 2.81. The van der Waals surface area contributed by atoms with Crippen LogP contribution in [-0.2, 0) is 4.79 Å². The van der Waals surface area contributed by atoms with E-state index < -0.39 is 0 Å². The normalized spacial score (nSPS) is 13.9. The van der Waals surface area contributed by atoms with Crippen LogP contribution < -0.4 is 4.74 Å². The molecule has 2 heteroatoms. The summed E-state index contributed by atoms with van der Waals surface area (Å²) < 4.78 is 5.64. The fourth-order valence-corrected chi connectivity index (χ4v) is 2.00. The summed E-state index contributed by atoms with van der Waals surface area (Å²) in [6.45, 7) is 0.366. The first-order valence-electron chi connectivity index (χ1n) is 5.19. The number of carbonyl (C=O) groups is 1. The summed E-state index contributed by atoms with van der Waals surface area (Å²) in [7, 11) is 0. The molecule has 0 aliphatic carbocycles. The first-order valence-corrected chi connectivity index (χ1v) is 5.19. The van der Waals surface area contributed by atoms with Crippen LogP contribution in [0.2, 0.25) is 0 Å². The molecule has 2 aromatic rings. The first-order chi connectivity index (χ1) is 7.88. The molecule has 0 saturated carbocycles. The molecule has 0 bridgehead atoms. The quantitative estimate of drug-likeness (QED) is 0.676. The van der Waals surface area contributed by atoms with Crippen LogP contribution in [0.3, 0.4) is 0 Å². The van der Waals surface area contributed by atoms with Crippen molar-refractivity contribution in [1.82, 2.24) is 0 Å². The van der Waals surface area contributed by atoms with Gasteiger partial charge in [-0.1, -0.05) is 36.4 Å². The van der Waals surface area contributed by atoms with Gasteiger partial charge in [-0.25, -0.2) is 0 Å². The summed E-state index contributed by atoms with van der Waals surface area (Å²) in [5.74, 6) is 0.878. The second kappa shape index (κ2) is 3.49. The van der Waals surface area contributed by atoms with Gasteiger partial charge < -0.3 is 4.74 Å². The van der Waals surface area contributed by atoms with Crippen molar-refractivity contribution in [1.29, 1.82) is 0 Å². The monoisotopic (exact) mass is 210 g/mol. The zero-order valence-corrected chi connectivity index (χ0v) is 8.64. The molecular weight excluding hydrogens is 200 g/mol. The third-order valence-corrected chi connectivity index (χ3v) is 2.79. The van der Waals surface area contributed by atoms with Crippen LogP contribution in [0.4, 0.5) is 0 Å². The number of carbonyl (C=O) groups excluding carboxylic acids is 1. The smallest absolute Gasteiger partial charge is 0.149 e. The molecule has 2 aromatic carbocycles. The third-order valence-electron chi connectivity index (χ3n) is 2.79. The van der Waals surface area contributed by atoms with Crippen LogP contribution in [0.25, 0.3) is 16.8 Å².